The fourth-order valence-electron chi connectivity index (χ4n) is 2.04. The summed E-state index contributed by atoms with van der Waals surface area (Å²) >= 11 is 0. The molecule has 19 heavy (non-hydrogen) atoms. The van der Waals surface area contributed by atoms with Gasteiger partial charge in [0.25, 0.3) is 9.05 Å². The summed E-state index contributed by atoms with van der Waals surface area (Å²) in [6.07, 6.45) is 1.93. The van der Waals surface area contributed by atoms with Crippen LogP contribution in [0.5, 0.6) is 0 Å². The lowest BCUT2D eigenvalue weighted by Crippen LogP contribution is -2.08. The zero-order valence-electron chi connectivity index (χ0n) is 11.6. The van der Waals surface area contributed by atoms with E-state index in [1.54, 1.807) is 4.68 Å². The molecular formula is C12H21ClN2O3S. The van der Waals surface area contributed by atoms with Crippen LogP contribution < -0.4 is 0 Å². The summed E-state index contributed by atoms with van der Waals surface area (Å²) in [6.45, 7) is 7.69. The van der Waals surface area contributed by atoms with E-state index in [4.69, 9.17) is 15.4 Å². The van der Waals surface area contributed by atoms with Crippen molar-refractivity contribution in [1.82, 2.24) is 9.78 Å². The van der Waals surface area contributed by atoms with Gasteiger partial charge >= 0.3 is 0 Å². The van der Waals surface area contributed by atoms with Crippen molar-refractivity contribution in [1.29, 1.82) is 0 Å². The zero-order valence-corrected chi connectivity index (χ0v) is 13.2. The molecule has 0 fully saturated rings. The predicted molar refractivity (Wildman–Crippen MR) is 75.1 cm³/mol. The summed E-state index contributed by atoms with van der Waals surface area (Å²) in [5, 5.41) is 4.36. The average Bonchev–Trinajstić information content (AvgIpc) is 2.72. The van der Waals surface area contributed by atoms with Crippen molar-refractivity contribution in [3.8, 4) is 0 Å². The van der Waals surface area contributed by atoms with E-state index in [1.807, 2.05) is 20.8 Å². The standard InChI is InChI=1S/C12H21ClN2O3S/c1-4-10-12(19(13,16)17)11(5-2)15(14-10)8-7-9-18-6-3/h4-9H2,1-3H3. The Morgan fingerprint density at radius 1 is 1.26 bits per heavy atom. The Labute approximate surface area is 119 Å². The van der Waals surface area contributed by atoms with Gasteiger partial charge in [0.2, 0.25) is 0 Å². The van der Waals surface area contributed by atoms with E-state index < -0.39 is 9.05 Å². The van der Waals surface area contributed by atoms with Gasteiger partial charge in [0, 0.05) is 30.4 Å². The van der Waals surface area contributed by atoms with Crippen LogP contribution in [0.3, 0.4) is 0 Å². The van der Waals surface area contributed by atoms with Crippen LogP contribution in [0.2, 0.25) is 0 Å². The van der Waals surface area contributed by atoms with Gasteiger partial charge in [-0.2, -0.15) is 5.10 Å². The molecule has 1 aromatic rings. The van der Waals surface area contributed by atoms with E-state index in [1.165, 1.54) is 0 Å². The topological polar surface area (TPSA) is 61.2 Å². The van der Waals surface area contributed by atoms with Crippen molar-refractivity contribution in [2.75, 3.05) is 13.2 Å². The third-order valence-electron chi connectivity index (χ3n) is 2.85. The molecule has 0 bridgehead atoms. The molecule has 0 aliphatic carbocycles. The van der Waals surface area contributed by atoms with Gasteiger partial charge in [-0.15, -0.1) is 0 Å². The molecule has 1 rings (SSSR count). The Bertz CT molecular complexity index is 511. The first kappa shape index (κ1) is 16.5. The number of aromatic nitrogens is 2. The maximum absolute atomic E-state index is 11.7. The van der Waals surface area contributed by atoms with Crippen molar-refractivity contribution in [2.45, 2.75) is 51.5 Å². The molecule has 0 aliphatic rings. The number of rotatable bonds is 8. The first-order chi connectivity index (χ1) is 8.95. The van der Waals surface area contributed by atoms with E-state index in [2.05, 4.69) is 5.10 Å². The van der Waals surface area contributed by atoms with Crippen molar-refractivity contribution in [3.63, 3.8) is 0 Å². The Balaban J connectivity index is 3.03. The van der Waals surface area contributed by atoms with Crippen molar-refractivity contribution < 1.29 is 13.2 Å². The van der Waals surface area contributed by atoms with Gasteiger partial charge in [0.05, 0.1) is 11.4 Å². The fraction of sp³-hybridized carbons (Fsp3) is 0.750. The van der Waals surface area contributed by atoms with Crippen LogP contribution in [0, 0.1) is 0 Å². The van der Waals surface area contributed by atoms with Gasteiger partial charge in [-0.1, -0.05) is 13.8 Å². The minimum atomic E-state index is -3.75. The molecule has 7 heteroatoms. The largest absolute Gasteiger partial charge is 0.382 e. The normalized spacial score (nSPS) is 12.0. The van der Waals surface area contributed by atoms with E-state index in [9.17, 15) is 8.42 Å². The number of hydrogen-bond donors (Lipinski definition) is 0. The summed E-state index contributed by atoms with van der Waals surface area (Å²) in [5.41, 5.74) is 1.23. The monoisotopic (exact) mass is 308 g/mol. The fourth-order valence-corrected chi connectivity index (χ4v) is 3.57. The number of halogens is 1. The van der Waals surface area contributed by atoms with E-state index in [0.717, 1.165) is 6.42 Å². The van der Waals surface area contributed by atoms with E-state index in [0.29, 0.717) is 44.0 Å². The van der Waals surface area contributed by atoms with Crippen molar-refractivity contribution in [3.05, 3.63) is 11.4 Å². The second-order valence-electron chi connectivity index (χ2n) is 4.14. The van der Waals surface area contributed by atoms with Gasteiger partial charge in [0.1, 0.15) is 4.90 Å². The second kappa shape index (κ2) is 7.26. The molecule has 0 amide bonds. The lowest BCUT2D eigenvalue weighted by Gasteiger charge is -2.06. The Kier molecular flexibility index (Phi) is 6.29. The molecule has 0 unspecified atom stereocenters. The zero-order chi connectivity index (χ0) is 14.5. The Morgan fingerprint density at radius 3 is 2.42 bits per heavy atom. The highest BCUT2D eigenvalue weighted by Crippen LogP contribution is 2.25. The molecule has 1 heterocycles. The molecule has 0 aromatic carbocycles. The first-order valence-electron chi connectivity index (χ1n) is 6.56. The third-order valence-corrected chi connectivity index (χ3v) is 4.28. The molecule has 1 aromatic heterocycles. The van der Waals surface area contributed by atoms with Crippen LogP contribution >= 0.6 is 10.7 Å². The molecule has 5 nitrogen and oxygen atoms in total. The molecule has 0 aliphatic heterocycles. The highest BCUT2D eigenvalue weighted by molar-refractivity contribution is 8.13. The molecule has 0 atom stereocenters. The van der Waals surface area contributed by atoms with Gasteiger partial charge in [-0.25, -0.2) is 8.42 Å². The highest BCUT2D eigenvalue weighted by atomic mass is 35.7. The number of hydrogen-bond acceptors (Lipinski definition) is 4. The summed E-state index contributed by atoms with van der Waals surface area (Å²) in [4.78, 5) is 0.190. The van der Waals surface area contributed by atoms with Crippen molar-refractivity contribution >= 4 is 19.7 Å². The van der Waals surface area contributed by atoms with Crippen LogP contribution in [0.1, 0.15) is 38.6 Å². The maximum atomic E-state index is 11.7. The quantitative estimate of drug-likeness (QED) is 0.546. The van der Waals surface area contributed by atoms with Gasteiger partial charge in [0.15, 0.2) is 0 Å². The van der Waals surface area contributed by atoms with Gasteiger partial charge in [-0.05, 0) is 26.2 Å². The predicted octanol–water partition coefficient (Wildman–Crippen LogP) is 2.36. The maximum Gasteiger partial charge on any atom is 0.264 e. The van der Waals surface area contributed by atoms with Crippen LogP contribution in [0.15, 0.2) is 4.90 Å². The highest BCUT2D eigenvalue weighted by Gasteiger charge is 2.25. The van der Waals surface area contributed by atoms with Crippen LogP contribution in [-0.2, 0) is 33.2 Å². The van der Waals surface area contributed by atoms with Crippen LogP contribution in [0.4, 0.5) is 0 Å². The Morgan fingerprint density at radius 2 is 1.95 bits per heavy atom. The molecule has 0 N–H and O–H groups in total. The van der Waals surface area contributed by atoms with Crippen LogP contribution in [-0.4, -0.2) is 31.4 Å². The smallest absolute Gasteiger partial charge is 0.264 e. The minimum Gasteiger partial charge on any atom is -0.382 e. The molecule has 0 saturated carbocycles. The number of ether oxygens (including phenoxy) is 1. The average molecular weight is 309 g/mol. The first-order valence-corrected chi connectivity index (χ1v) is 8.87. The van der Waals surface area contributed by atoms with E-state index >= 15 is 0 Å². The van der Waals surface area contributed by atoms with Gasteiger partial charge < -0.3 is 4.74 Å². The second-order valence-corrected chi connectivity index (χ2v) is 6.64. The molecule has 110 valence electrons. The third kappa shape index (κ3) is 4.19. The Hall–Kier alpha value is -0.590. The summed E-state index contributed by atoms with van der Waals surface area (Å²) in [7, 11) is 1.77. The summed E-state index contributed by atoms with van der Waals surface area (Å²) in [5.74, 6) is 0. The summed E-state index contributed by atoms with van der Waals surface area (Å²) < 4.78 is 30.4. The van der Waals surface area contributed by atoms with Gasteiger partial charge in [-0.3, -0.25) is 4.68 Å². The minimum absolute atomic E-state index is 0.190. The lowest BCUT2D eigenvalue weighted by atomic mass is 10.2. The van der Waals surface area contributed by atoms with Crippen LogP contribution in [0.25, 0.3) is 0 Å². The SMILES string of the molecule is CCOCCCn1nc(CC)c(S(=O)(=O)Cl)c1CC. The molecular weight excluding hydrogens is 288 g/mol. The molecule has 0 spiro atoms. The lowest BCUT2D eigenvalue weighted by molar-refractivity contribution is 0.140. The molecule has 0 saturated heterocycles. The van der Waals surface area contributed by atoms with E-state index in [-0.39, 0.29) is 4.90 Å². The number of nitrogens with zero attached hydrogens (tertiary/aromatic N) is 2. The van der Waals surface area contributed by atoms with Crippen molar-refractivity contribution in [2.24, 2.45) is 0 Å². The summed E-state index contributed by atoms with van der Waals surface area (Å²) in [6, 6.07) is 0. The number of aryl methyl sites for hydroxylation is 2. The molecule has 0 radical (unpaired) electrons.